The van der Waals surface area contributed by atoms with Crippen LogP contribution in [0, 0.1) is 13.8 Å². The van der Waals surface area contributed by atoms with Gasteiger partial charge in [-0.05, 0) is 25.5 Å². The molecule has 0 amide bonds. The molecule has 3 heteroatoms. The van der Waals surface area contributed by atoms with Gasteiger partial charge in [0.05, 0.1) is 5.69 Å². The molecule has 3 nitrogen and oxygen atoms in total. The Kier molecular flexibility index (Phi) is 1.49. The summed E-state index contributed by atoms with van der Waals surface area (Å²) in [6.07, 6.45) is 0. The van der Waals surface area contributed by atoms with Gasteiger partial charge in [-0.2, -0.15) is 0 Å². The van der Waals surface area contributed by atoms with Gasteiger partial charge >= 0.3 is 0 Å². The number of nitrogens with zero attached hydrogens (tertiary/aromatic N) is 1. The SMILES string of the molecule is Cc1cc(C)c(N)c(N)n1. The van der Waals surface area contributed by atoms with Gasteiger partial charge in [-0.15, -0.1) is 0 Å². The summed E-state index contributed by atoms with van der Waals surface area (Å²) in [6, 6.07) is 1.91. The highest BCUT2D eigenvalue weighted by Crippen LogP contribution is 2.16. The number of anilines is 2. The Balaban J connectivity index is 3.31. The van der Waals surface area contributed by atoms with Gasteiger partial charge in [-0.3, -0.25) is 0 Å². The van der Waals surface area contributed by atoms with Gasteiger partial charge in [0, 0.05) is 5.69 Å². The van der Waals surface area contributed by atoms with Crippen LogP contribution in [0.2, 0.25) is 0 Å². The van der Waals surface area contributed by atoms with Crippen LogP contribution in [-0.2, 0) is 0 Å². The van der Waals surface area contributed by atoms with Gasteiger partial charge in [0.15, 0.2) is 0 Å². The van der Waals surface area contributed by atoms with E-state index in [0.717, 1.165) is 11.3 Å². The van der Waals surface area contributed by atoms with Crippen LogP contribution < -0.4 is 11.5 Å². The quantitative estimate of drug-likeness (QED) is 0.557. The number of hydrogen-bond donors (Lipinski definition) is 2. The summed E-state index contributed by atoms with van der Waals surface area (Å²) in [5.41, 5.74) is 13.5. The molecule has 0 saturated heterocycles. The molecule has 54 valence electrons. The molecular formula is C7H11N3. The van der Waals surface area contributed by atoms with Crippen molar-refractivity contribution in [2.45, 2.75) is 13.8 Å². The van der Waals surface area contributed by atoms with Crippen LogP contribution in [0.5, 0.6) is 0 Å². The molecule has 1 aromatic heterocycles. The Labute approximate surface area is 60.1 Å². The van der Waals surface area contributed by atoms with E-state index in [1.54, 1.807) is 0 Å². The molecule has 0 bridgehead atoms. The standard InChI is InChI=1S/C7H11N3/c1-4-3-5(2)10-7(9)6(4)8/h3H,8H2,1-2H3,(H2,9,10). The molecule has 0 radical (unpaired) electrons. The van der Waals surface area contributed by atoms with Crippen LogP contribution >= 0.6 is 0 Å². The summed E-state index contributed by atoms with van der Waals surface area (Å²) in [5, 5.41) is 0. The summed E-state index contributed by atoms with van der Waals surface area (Å²) < 4.78 is 0. The largest absolute Gasteiger partial charge is 0.396 e. The van der Waals surface area contributed by atoms with Gasteiger partial charge < -0.3 is 11.5 Å². The lowest BCUT2D eigenvalue weighted by Crippen LogP contribution is -2.01. The van der Waals surface area contributed by atoms with Gasteiger partial charge in [-0.1, -0.05) is 0 Å². The molecule has 0 aliphatic heterocycles. The molecule has 0 aliphatic rings. The monoisotopic (exact) mass is 137 g/mol. The van der Waals surface area contributed by atoms with Gasteiger partial charge in [0.1, 0.15) is 5.82 Å². The van der Waals surface area contributed by atoms with E-state index in [9.17, 15) is 0 Å². The van der Waals surface area contributed by atoms with Crippen molar-refractivity contribution in [3.8, 4) is 0 Å². The fourth-order valence-electron chi connectivity index (χ4n) is 0.876. The lowest BCUT2D eigenvalue weighted by atomic mass is 10.2. The van der Waals surface area contributed by atoms with Crippen LogP contribution in [0.4, 0.5) is 11.5 Å². The third kappa shape index (κ3) is 1.03. The van der Waals surface area contributed by atoms with Crippen molar-refractivity contribution >= 4 is 11.5 Å². The summed E-state index contributed by atoms with van der Waals surface area (Å²) >= 11 is 0. The highest BCUT2D eigenvalue weighted by molar-refractivity contribution is 5.62. The minimum atomic E-state index is 0.428. The fourth-order valence-corrected chi connectivity index (χ4v) is 0.876. The van der Waals surface area contributed by atoms with E-state index < -0.39 is 0 Å². The van der Waals surface area contributed by atoms with Gasteiger partial charge in [0.2, 0.25) is 0 Å². The first-order chi connectivity index (χ1) is 4.61. The summed E-state index contributed by atoms with van der Waals surface area (Å²) in [6.45, 7) is 3.81. The number of nitrogens with two attached hydrogens (primary N) is 2. The fraction of sp³-hybridized carbons (Fsp3) is 0.286. The van der Waals surface area contributed by atoms with E-state index in [1.807, 2.05) is 19.9 Å². The second-order valence-electron chi connectivity index (χ2n) is 2.38. The number of rotatable bonds is 0. The Hall–Kier alpha value is -1.25. The molecule has 0 spiro atoms. The average molecular weight is 137 g/mol. The van der Waals surface area contributed by atoms with E-state index in [1.165, 1.54) is 0 Å². The molecule has 4 N–H and O–H groups in total. The van der Waals surface area contributed by atoms with Crippen molar-refractivity contribution in [1.29, 1.82) is 0 Å². The van der Waals surface area contributed by atoms with Gasteiger partial charge in [-0.25, -0.2) is 4.98 Å². The van der Waals surface area contributed by atoms with Crippen LogP contribution in [0.1, 0.15) is 11.3 Å². The molecular weight excluding hydrogens is 126 g/mol. The zero-order valence-corrected chi connectivity index (χ0v) is 6.18. The van der Waals surface area contributed by atoms with Crippen LogP contribution in [0.3, 0.4) is 0 Å². The zero-order valence-electron chi connectivity index (χ0n) is 6.18. The number of aromatic nitrogens is 1. The molecule has 0 saturated carbocycles. The Bertz CT molecular complexity index is 232. The number of hydrogen-bond acceptors (Lipinski definition) is 3. The predicted octanol–water partition coefficient (Wildman–Crippen LogP) is 0.863. The van der Waals surface area contributed by atoms with Gasteiger partial charge in [0.25, 0.3) is 0 Å². The second kappa shape index (κ2) is 2.17. The minimum Gasteiger partial charge on any atom is -0.396 e. The zero-order chi connectivity index (χ0) is 7.72. The van der Waals surface area contributed by atoms with E-state index in [2.05, 4.69) is 4.98 Å². The van der Waals surface area contributed by atoms with Crippen molar-refractivity contribution < 1.29 is 0 Å². The topological polar surface area (TPSA) is 64.9 Å². The Morgan fingerprint density at radius 2 is 1.90 bits per heavy atom. The molecule has 0 fully saturated rings. The molecule has 0 unspecified atom stereocenters. The van der Waals surface area contributed by atoms with Crippen molar-refractivity contribution in [3.05, 3.63) is 17.3 Å². The maximum absolute atomic E-state index is 5.56. The molecule has 0 aromatic carbocycles. The number of aryl methyl sites for hydroxylation is 2. The molecule has 1 heterocycles. The summed E-state index contributed by atoms with van der Waals surface area (Å²) in [5.74, 6) is 0.428. The van der Waals surface area contributed by atoms with Crippen molar-refractivity contribution in [1.82, 2.24) is 4.98 Å². The Morgan fingerprint density at radius 1 is 1.30 bits per heavy atom. The first-order valence-electron chi connectivity index (χ1n) is 3.10. The summed E-state index contributed by atoms with van der Waals surface area (Å²) in [4.78, 5) is 3.99. The summed E-state index contributed by atoms with van der Waals surface area (Å²) in [7, 11) is 0. The first-order valence-corrected chi connectivity index (χ1v) is 3.10. The van der Waals surface area contributed by atoms with Crippen molar-refractivity contribution in [2.24, 2.45) is 0 Å². The first kappa shape index (κ1) is 6.86. The number of nitrogen functional groups attached to an aromatic ring is 2. The molecule has 1 aromatic rings. The van der Waals surface area contributed by atoms with E-state index >= 15 is 0 Å². The van der Waals surface area contributed by atoms with Crippen LogP contribution in [0.25, 0.3) is 0 Å². The second-order valence-corrected chi connectivity index (χ2v) is 2.38. The van der Waals surface area contributed by atoms with Crippen LogP contribution in [0.15, 0.2) is 6.07 Å². The molecule has 1 rings (SSSR count). The number of pyridine rings is 1. The van der Waals surface area contributed by atoms with Crippen molar-refractivity contribution in [2.75, 3.05) is 11.5 Å². The normalized spacial score (nSPS) is 9.80. The Morgan fingerprint density at radius 3 is 2.40 bits per heavy atom. The highest BCUT2D eigenvalue weighted by Gasteiger charge is 1.99. The predicted molar refractivity (Wildman–Crippen MR) is 42.5 cm³/mol. The maximum atomic E-state index is 5.56. The maximum Gasteiger partial charge on any atom is 0.147 e. The van der Waals surface area contributed by atoms with Crippen LogP contribution in [-0.4, -0.2) is 4.98 Å². The third-order valence-corrected chi connectivity index (χ3v) is 1.42. The average Bonchev–Trinajstić information content (AvgIpc) is 1.82. The van der Waals surface area contributed by atoms with E-state index in [-0.39, 0.29) is 0 Å². The lowest BCUT2D eigenvalue weighted by molar-refractivity contribution is 1.19. The van der Waals surface area contributed by atoms with E-state index in [4.69, 9.17) is 11.5 Å². The molecule has 0 atom stereocenters. The lowest BCUT2D eigenvalue weighted by Gasteiger charge is -2.03. The minimum absolute atomic E-state index is 0.428. The third-order valence-electron chi connectivity index (χ3n) is 1.42. The van der Waals surface area contributed by atoms with E-state index in [0.29, 0.717) is 11.5 Å². The highest BCUT2D eigenvalue weighted by atomic mass is 14.9. The van der Waals surface area contributed by atoms with Crippen molar-refractivity contribution in [3.63, 3.8) is 0 Å². The molecule has 0 aliphatic carbocycles. The smallest absolute Gasteiger partial charge is 0.147 e. The molecule has 10 heavy (non-hydrogen) atoms.